The summed E-state index contributed by atoms with van der Waals surface area (Å²) in [5.41, 5.74) is 1.24. The summed E-state index contributed by atoms with van der Waals surface area (Å²) in [4.78, 5) is 12.3. The Balaban J connectivity index is 2.11. The zero-order valence-electron chi connectivity index (χ0n) is 13.4. The summed E-state index contributed by atoms with van der Waals surface area (Å²) in [5, 5.41) is 7.38. The van der Waals surface area contributed by atoms with Gasteiger partial charge in [0, 0.05) is 12.6 Å². The van der Waals surface area contributed by atoms with Crippen LogP contribution in [-0.4, -0.2) is 28.9 Å². The Kier molecular flexibility index (Phi) is 5.87. The zero-order valence-corrected chi connectivity index (χ0v) is 14.2. The molecule has 1 amide bonds. The number of halogens is 1. The van der Waals surface area contributed by atoms with Gasteiger partial charge in [0.15, 0.2) is 11.5 Å². The highest BCUT2D eigenvalue weighted by Gasteiger charge is 2.13. The standard InChI is InChI=1S/C16H20ClN3O3/c1-4-22-14-7-6-11(8-15(14)23-5-2)16(21)18-10-13-12(17)9-19-20(13)3/h6-9H,4-5,10H2,1-3H3,(H,18,21). The zero-order chi connectivity index (χ0) is 16.8. The topological polar surface area (TPSA) is 65.4 Å². The van der Waals surface area contributed by atoms with Crippen LogP contribution in [0.3, 0.4) is 0 Å². The van der Waals surface area contributed by atoms with Crippen molar-refractivity contribution in [1.29, 1.82) is 0 Å². The molecule has 1 heterocycles. The molecule has 0 saturated heterocycles. The van der Waals surface area contributed by atoms with Gasteiger partial charge in [-0.2, -0.15) is 5.10 Å². The van der Waals surface area contributed by atoms with Gasteiger partial charge in [0.2, 0.25) is 0 Å². The number of aryl methyl sites for hydroxylation is 1. The van der Waals surface area contributed by atoms with E-state index in [-0.39, 0.29) is 5.91 Å². The minimum atomic E-state index is -0.216. The number of benzene rings is 1. The number of nitrogens with zero attached hydrogens (tertiary/aromatic N) is 2. The molecule has 0 aliphatic rings. The van der Waals surface area contributed by atoms with Crippen molar-refractivity contribution in [3.05, 3.63) is 40.7 Å². The quantitative estimate of drug-likeness (QED) is 0.843. The predicted molar refractivity (Wildman–Crippen MR) is 88.2 cm³/mol. The van der Waals surface area contributed by atoms with E-state index in [0.29, 0.717) is 41.8 Å². The summed E-state index contributed by atoms with van der Waals surface area (Å²) in [7, 11) is 1.78. The van der Waals surface area contributed by atoms with Gasteiger partial charge >= 0.3 is 0 Å². The number of amides is 1. The molecule has 0 atom stereocenters. The van der Waals surface area contributed by atoms with Crippen LogP contribution in [-0.2, 0) is 13.6 Å². The number of hydrogen-bond donors (Lipinski definition) is 1. The average molecular weight is 338 g/mol. The third-order valence-electron chi connectivity index (χ3n) is 3.23. The fourth-order valence-corrected chi connectivity index (χ4v) is 2.33. The minimum absolute atomic E-state index is 0.216. The number of hydrogen-bond acceptors (Lipinski definition) is 4. The number of rotatable bonds is 7. The van der Waals surface area contributed by atoms with Crippen LogP contribution in [0.4, 0.5) is 0 Å². The Hall–Kier alpha value is -2.21. The summed E-state index contributed by atoms with van der Waals surface area (Å²) >= 11 is 6.03. The number of nitrogens with one attached hydrogen (secondary N) is 1. The van der Waals surface area contributed by atoms with E-state index in [9.17, 15) is 4.79 Å². The van der Waals surface area contributed by atoms with Crippen molar-refractivity contribution < 1.29 is 14.3 Å². The van der Waals surface area contributed by atoms with Crippen LogP contribution >= 0.6 is 11.6 Å². The van der Waals surface area contributed by atoms with E-state index >= 15 is 0 Å². The average Bonchev–Trinajstić information content (AvgIpc) is 2.86. The molecule has 0 fully saturated rings. The van der Waals surface area contributed by atoms with Gasteiger partial charge in [0.25, 0.3) is 5.91 Å². The predicted octanol–water partition coefficient (Wildman–Crippen LogP) is 2.80. The number of carbonyl (C=O) groups is 1. The number of aromatic nitrogens is 2. The molecule has 23 heavy (non-hydrogen) atoms. The van der Waals surface area contributed by atoms with Gasteiger partial charge in [-0.05, 0) is 32.0 Å². The Morgan fingerprint density at radius 2 is 1.96 bits per heavy atom. The van der Waals surface area contributed by atoms with E-state index in [1.54, 1.807) is 36.1 Å². The highest BCUT2D eigenvalue weighted by molar-refractivity contribution is 6.31. The molecule has 1 aromatic heterocycles. The van der Waals surface area contributed by atoms with E-state index < -0.39 is 0 Å². The van der Waals surface area contributed by atoms with Crippen LogP contribution in [0, 0.1) is 0 Å². The molecule has 0 aliphatic heterocycles. The molecule has 6 nitrogen and oxygen atoms in total. The first kappa shape index (κ1) is 17.1. The summed E-state index contributed by atoms with van der Waals surface area (Å²) in [6.07, 6.45) is 1.55. The van der Waals surface area contributed by atoms with Crippen molar-refractivity contribution >= 4 is 17.5 Å². The minimum Gasteiger partial charge on any atom is -0.490 e. The summed E-state index contributed by atoms with van der Waals surface area (Å²) in [6, 6.07) is 5.11. The maximum absolute atomic E-state index is 12.3. The Morgan fingerprint density at radius 1 is 1.26 bits per heavy atom. The molecule has 1 N–H and O–H groups in total. The van der Waals surface area contributed by atoms with Gasteiger partial charge in [-0.3, -0.25) is 9.48 Å². The lowest BCUT2D eigenvalue weighted by atomic mass is 10.2. The van der Waals surface area contributed by atoms with E-state index in [2.05, 4.69) is 10.4 Å². The molecule has 2 aromatic rings. The highest BCUT2D eigenvalue weighted by atomic mass is 35.5. The smallest absolute Gasteiger partial charge is 0.251 e. The second kappa shape index (κ2) is 7.87. The van der Waals surface area contributed by atoms with Gasteiger partial charge in [-0.25, -0.2) is 0 Å². The van der Waals surface area contributed by atoms with Crippen molar-refractivity contribution in [2.75, 3.05) is 13.2 Å². The molecule has 1 aromatic carbocycles. The first-order valence-corrected chi connectivity index (χ1v) is 7.78. The van der Waals surface area contributed by atoms with Crippen molar-refractivity contribution in [2.45, 2.75) is 20.4 Å². The molecule has 0 radical (unpaired) electrons. The van der Waals surface area contributed by atoms with Gasteiger partial charge in [0.05, 0.1) is 36.7 Å². The fourth-order valence-electron chi connectivity index (χ4n) is 2.09. The van der Waals surface area contributed by atoms with Crippen LogP contribution < -0.4 is 14.8 Å². The van der Waals surface area contributed by atoms with Crippen molar-refractivity contribution in [3.63, 3.8) is 0 Å². The van der Waals surface area contributed by atoms with Gasteiger partial charge in [-0.1, -0.05) is 11.6 Å². The van der Waals surface area contributed by atoms with Crippen molar-refractivity contribution in [1.82, 2.24) is 15.1 Å². The SMILES string of the molecule is CCOc1ccc(C(=O)NCc2c(Cl)cnn2C)cc1OCC. The van der Waals surface area contributed by atoms with E-state index in [1.807, 2.05) is 13.8 Å². The first-order chi connectivity index (χ1) is 11.1. The summed E-state index contributed by atoms with van der Waals surface area (Å²) in [5.74, 6) is 0.965. The van der Waals surface area contributed by atoms with Crippen LogP contribution in [0.5, 0.6) is 11.5 Å². The van der Waals surface area contributed by atoms with E-state index in [0.717, 1.165) is 5.69 Å². The normalized spacial score (nSPS) is 10.4. The maximum atomic E-state index is 12.3. The molecule has 0 bridgehead atoms. The molecule has 2 rings (SSSR count). The maximum Gasteiger partial charge on any atom is 0.251 e. The molecule has 0 aliphatic carbocycles. The third kappa shape index (κ3) is 4.16. The lowest BCUT2D eigenvalue weighted by molar-refractivity contribution is 0.0949. The molecule has 7 heteroatoms. The molecule has 124 valence electrons. The van der Waals surface area contributed by atoms with Gasteiger partial charge in [0.1, 0.15) is 0 Å². The molecular formula is C16H20ClN3O3. The molecular weight excluding hydrogens is 318 g/mol. The van der Waals surface area contributed by atoms with Crippen LogP contribution in [0.15, 0.2) is 24.4 Å². The monoisotopic (exact) mass is 337 g/mol. The van der Waals surface area contributed by atoms with Gasteiger partial charge in [-0.15, -0.1) is 0 Å². The van der Waals surface area contributed by atoms with E-state index in [1.165, 1.54) is 0 Å². The second-order valence-corrected chi connectivity index (χ2v) is 5.18. The van der Waals surface area contributed by atoms with Gasteiger partial charge < -0.3 is 14.8 Å². The summed E-state index contributed by atoms with van der Waals surface area (Å²) < 4.78 is 12.6. The Morgan fingerprint density at radius 3 is 2.57 bits per heavy atom. The number of carbonyl (C=O) groups excluding carboxylic acids is 1. The second-order valence-electron chi connectivity index (χ2n) is 4.77. The largest absolute Gasteiger partial charge is 0.490 e. The van der Waals surface area contributed by atoms with Crippen LogP contribution in [0.1, 0.15) is 29.9 Å². The Bertz CT molecular complexity index is 666. The summed E-state index contributed by atoms with van der Waals surface area (Å²) in [6.45, 7) is 5.10. The molecule has 0 saturated carbocycles. The fraction of sp³-hybridized carbons (Fsp3) is 0.375. The lowest BCUT2D eigenvalue weighted by Crippen LogP contribution is -2.24. The Labute approximate surface area is 140 Å². The first-order valence-electron chi connectivity index (χ1n) is 7.41. The number of ether oxygens (including phenoxy) is 2. The van der Waals surface area contributed by atoms with Crippen LogP contribution in [0.2, 0.25) is 5.02 Å². The lowest BCUT2D eigenvalue weighted by Gasteiger charge is -2.12. The van der Waals surface area contributed by atoms with Crippen molar-refractivity contribution in [2.24, 2.45) is 7.05 Å². The highest BCUT2D eigenvalue weighted by Crippen LogP contribution is 2.28. The molecule has 0 spiro atoms. The van der Waals surface area contributed by atoms with Crippen molar-refractivity contribution in [3.8, 4) is 11.5 Å². The third-order valence-corrected chi connectivity index (χ3v) is 3.55. The van der Waals surface area contributed by atoms with E-state index in [4.69, 9.17) is 21.1 Å². The molecule has 0 unspecified atom stereocenters. The van der Waals surface area contributed by atoms with Crippen LogP contribution in [0.25, 0.3) is 0 Å².